The molecule has 1 fully saturated rings. The highest BCUT2D eigenvalue weighted by molar-refractivity contribution is 5.81. The zero-order valence-corrected chi connectivity index (χ0v) is 12.8. The van der Waals surface area contributed by atoms with E-state index in [4.69, 9.17) is 4.74 Å². The minimum Gasteiger partial charge on any atom is -0.480 e. The average molecular weight is 275 g/mol. The first-order chi connectivity index (χ1) is 9.63. The van der Waals surface area contributed by atoms with E-state index in [-0.39, 0.29) is 12.0 Å². The molecule has 110 valence electrons. The van der Waals surface area contributed by atoms with Crippen LogP contribution in [0.1, 0.15) is 43.7 Å². The standard InChI is InChI=1S/C17H25NO2/c1-4-15(17(19)18-11-6-5-7-12-18)20-16-10-8-9-13(2)14(16)3/h8-10,15H,4-7,11-12H2,1-3H3. The van der Waals surface area contributed by atoms with Gasteiger partial charge in [0, 0.05) is 13.1 Å². The molecule has 0 bridgehead atoms. The summed E-state index contributed by atoms with van der Waals surface area (Å²) in [7, 11) is 0. The van der Waals surface area contributed by atoms with Crippen LogP contribution in [0.3, 0.4) is 0 Å². The summed E-state index contributed by atoms with van der Waals surface area (Å²) < 4.78 is 6.00. The first-order valence-electron chi connectivity index (χ1n) is 7.65. The molecular formula is C17H25NO2. The van der Waals surface area contributed by atoms with Gasteiger partial charge >= 0.3 is 0 Å². The summed E-state index contributed by atoms with van der Waals surface area (Å²) in [4.78, 5) is 14.5. The molecule has 0 spiro atoms. The van der Waals surface area contributed by atoms with E-state index in [1.165, 1.54) is 12.0 Å². The Kier molecular flexibility index (Phi) is 5.05. The molecule has 2 rings (SSSR count). The fourth-order valence-electron chi connectivity index (χ4n) is 2.63. The van der Waals surface area contributed by atoms with Crippen molar-refractivity contribution in [1.82, 2.24) is 4.90 Å². The number of piperidine rings is 1. The van der Waals surface area contributed by atoms with Gasteiger partial charge in [-0.1, -0.05) is 19.1 Å². The Morgan fingerprint density at radius 2 is 1.95 bits per heavy atom. The van der Waals surface area contributed by atoms with E-state index in [0.717, 1.165) is 37.2 Å². The molecular weight excluding hydrogens is 250 g/mol. The van der Waals surface area contributed by atoms with Gasteiger partial charge in [-0.3, -0.25) is 4.79 Å². The maximum atomic E-state index is 12.5. The molecule has 1 saturated heterocycles. The summed E-state index contributed by atoms with van der Waals surface area (Å²) in [5.41, 5.74) is 2.32. The lowest BCUT2D eigenvalue weighted by Crippen LogP contribution is -2.44. The number of hydrogen-bond acceptors (Lipinski definition) is 2. The molecule has 3 heteroatoms. The first-order valence-corrected chi connectivity index (χ1v) is 7.65. The molecule has 1 aliphatic rings. The zero-order valence-electron chi connectivity index (χ0n) is 12.8. The second-order valence-corrected chi connectivity index (χ2v) is 5.60. The zero-order chi connectivity index (χ0) is 14.5. The van der Waals surface area contributed by atoms with Crippen LogP contribution in [0.4, 0.5) is 0 Å². The van der Waals surface area contributed by atoms with Crippen molar-refractivity contribution < 1.29 is 9.53 Å². The molecule has 0 saturated carbocycles. The largest absolute Gasteiger partial charge is 0.480 e. The van der Waals surface area contributed by atoms with Gasteiger partial charge in [0.25, 0.3) is 5.91 Å². The van der Waals surface area contributed by atoms with Crippen LogP contribution in [0.25, 0.3) is 0 Å². The van der Waals surface area contributed by atoms with Gasteiger partial charge in [0.15, 0.2) is 6.10 Å². The number of rotatable bonds is 4. The third-order valence-electron chi connectivity index (χ3n) is 4.14. The molecule has 1 unspecified atom stereocenters. The molecule has 1 heterocycles. The van der Waals surface area contributed by atoms with Gasteiger partial charge in [-0.2, -0.15) is 0 Å². The minimum absolute atomic E-state index is 0.146. The Bertz CT molecular complexity index is 464. The smallest absolute Gasteiger partial charge is 0.263 e. The summed E-state index contributed by atoms with van der Waals surface area (Å²) in [5, 5.41) is 0. The lowest BCUT2D eigenvalue weighted by atomic mass is 10.1. The van der Waals surface area contributed by atoms with E-state index in [2.05, 4.69) is 13.0 Å². The van der Waals surface area contributed by atoms with Crippen LogP contribution in [0.5, 0.6) is 5.75 Å². The highest BCUT2D eigenvalue weighted by Crippen LogP contribution is 2.23. The van der Waals surface area contributed by atoms with Crippen molar-refractivity contribution in [2.45, 2.75) is 52.6 Å². The van der Waals surface area contributed by atoms with Crippen LogP contribution in [-0.4, -0.2) is 30.0 Å². The molecule has 0 radical (unpaired) electrons. The predicted molar refractivity (Wildman–Crippen MR) is 81.1 cm³/mol. The Morgan fingerprint density at radius 3 is 2.60 bits per heavy atom. The summed E-state index contributed by atoms with van der Waals surface area (Å²) in [6.07, 6.45) is 3.83. The highest BCUT2D eigenvalue weighted by atomic mass is 16.5. The number of ether oxygens (including phenoxy) is 1. The molecule has 1 atom stereocenters. The van der Waals surface area contributed by atoms with Crippen LogP contribution < -0.4 is 4.74 Å². The van der Waals surface area contributed by atoms with Gasteiger partial charge in [-0.25, -0.2) is 0 Å². The molecule has 1 aliphatic heterocycles. The highest BCUT2D eigenvalue weighted by Gasteiger charge is 2.26. The quantitative estimate of drug-likeness (QED) is 0.842. The van der Waals surface area contributed by atoms with Gasteiger partial charge in [0.1, 0.15) is 5.75 Å². The predicted octanol–water partition coefficient (Wildman–Crippen LogP) is 3.47. The van der Waals surface area contributed by atoms with E-state index in [9.17, 15) is 4.79 Å². The third kappa shape index (κ3) is 3.33. The summed E-state index contributed by atoms with van der Waals surface area (Å²) in [6.45, 7) is 7.88. The van der Waals surface area contributed by atoms with E-state index < -0.39 is 0 Å². The van der Waals surface area contributed by atoms with Gasteiger partial charge in [-0.05, 0) is 56.7 Å². The average Bonchev–Trinajstić information content (AvgIpc) is 2.49. The van der Waals surface area contributed by atoms with Crippen molar-refractivity contribution in [2.24, 2.45) is 0 Å². The fourth-order valence-corrected chi connectivity index (χ4v) is 2.63. The number of nitrogens with zero attached hydrogens (tertiary/aromatic N) is 1. The maximum Gasteiger partial charge on any atom is 0.263 e. The van der Waals surface area contributed by atoms with Crippen LogP contribution in [-0.2, 0) is 4.79 Å². The summed E-state index contributed by atoms with van der Waals surface area (Å²) in [6, 6.07) is 6.00. The number of benzene rings is 1. The Hall–Kier alpha value is -1.51. The van der Waals surface area contributed by atoms with Crippen molar-refractivity contribution >= 4 is 5.91 Å². The van der Waals surface area contributed by atoms with Gasteiger partial charge in [0.2, 0.25) is 0 Å². The Balaban J connectivity index is 2.08. The molecule has 1 aromatic carbocycles. The van der Waals surface area contributed by atoms with E-state index in [1.807, 2.05) is 30.9 Å². The number of carbonyl (C=O) groups excluding carboxylic acids is 1. The molecule has 3 nitrogen and oxygen atoms in total. The summed E-state index contributed by atoms with van der Waals surface area (Å²) >= 11 is 0. The van der Waals surface area contributed by atoms with Crippen LogP contribution in [0.2, 0.25) is 0 Å². The van der Waals surface area contributed by atoms with Crippen LogP contribution in [0.15, 0.2) is 18.2 Å². The Morgan fingerprint density at radius 1 is 1.25 bits per heavy atom. The number of likely N-dealkylation sites (tertiary alicyclic amines) is 1. The van der Waals surface area contributed by atoms with Gasteiger partial charge in [0.05, 0.1) is 0 Å². The SMILES string of the molecule is CCC(Oc1cccc(C)c1C)C(=O)N1CCCCC1. The first kappa shape index (κ1) is 14.9. The second kappa shape index (κ2) is 6.78. The second-order valence-electron chi connectivity index (χ2n) is 5.60. The van der Waals surface area contributed by atoms with Crippen molar-refractivity contribution in [3.63, 3.8) is 0 Å². The molecule has 1 aromatic rings. The lowest BCUT2D eigenvalue weighted by molar-refractivity contribution is -0.139. The summed E-state index contributed by atoms with van der Waals surface area (Å²) in [5.74, 6) is 0.982. The monoisotopic (exact) mass is 275 g/mol. The van der Waals surface area contributed by atoms with E-state index >= 15 is 0 Å². The maximum absolute atomic E-state index is 12.5. The molecule has 0 aromatic heterocycles. The van der Waals surface area contributed by atoms with Crippen molar-refractivity contribution in [2.75, 3.05) is 13.1 Å². The van der Waals surface area contributed by atoms with Crippen LogP contribution >= 0.6 is 0 Å². The normalized spacial score (nSPS) is 16.9. The third-order valence-corrected chi connectivity index (χ3v) is 4.14. The molecule has 0 N–H and O–H groups in total. The van der Waals surface area contributed by atoms with Crippen molar-refractivity contribution in [3.8, 4) is 5.75 Å². The van der Waals surface area contributed by atoms with Crippen molar-refractivity contribution in [1.29, 1.82) is 0 Å². The number of amides is 1. The fraction of sp³-hybridized carbons (Fsp3) is 0.588. The van der Waals surface area contributed by atoms with Crippen molar-refractivity contribution in [3.05, 3.63) is 29.3 Å². The molecule has 1 amide bonds. The van der Waals surface area contributed by atoms with Gasteiger partial charge < -0.3 is 9.64 Å². The van der Waals surface area contributed by atoms with Crippen LogP contribution in [0, 0.1) is 13.8 Å². The van der Waals surface area contributed by atoms with E-state index in [1.54, 1.807) is 0 Å². The number of carbonyl (C=O) groups is 1. The Labute approximate surface area is 121 Å². The topological polar surface area (TPSA) is 29.5 Å². The van der Waals surface area contributed by atoms with E-state index in [0.29, 0.717) is 6.42 Å². The molecule has 20 heavy (non-hydrogen) atoms. The number of hydrogen-bond donors (Lipinski definition) is 0. The lowest BCUT2D eigenvalue weighted by Gasteiger charge is -2.30. The number of aryl methyl sites for hydroxylation is 1. The molecule has 0 aliphatic carbocycles. The van der Waals surface area contributed by atoms with Gasteiger partial charge in [-0.15, -0.1) is 0 Å². The minimum atomic E-state index is -0.353.